The fourth-order valence-electron chi connectivity index (χ4n) is 9.58. The summed E-state index contributed by atoms with van der Waals surface area (Å²) in [6, 6.07) is -0.566. The molecule has 9 unspecified atom stereocenters. The molecule has 2 N–H and O–H groups in total. The molecule has 1 amide bonds. The first-order valence-electron chi connectivity index (χ1n) is 18.0. The summed E-state index contributed by atoms with van der Waals surface area (Å²) in [5.41, 5.74) is 0.205. The van der Waals surface area contributed by atoms with E-state index in [1.807, 2.05) is 6.20 Å². The number of amides is 1. The van der Waals surface area contributed by atoms with E-state index in [0.29, 0.717) is 24.9 Å². The first kappa shape index (κ1) is 31.9. The van der Waals surface area contributed by atoms with Crippen LogP contribution in [0.2, 0.25) is 0 Å². The van der Waals surface area contributed by atoms with Gasteiger partial charge in [0, 0.05) is 44.8 Å². The van der Waals surface area contributed by atoms with Crippen molar-refractivity contribution < 1.29 is 28.2 Å². The monoisotopic (exact) mass is 631 g/mol. The van der Waals surface area contributed by atoms with Gasteiger partial charge < -0.3 is 29.7 Å². The normalized spacial score (nSPS) is 39.0. The van der Waals surface area contributed by atoms with Crippen LogP contribution in [0.25, 0.3) is 0 Å². The molecule has 0 aromatic rings. The van der Waals surface area contributed by atoms with Crippen molar-refractivity contribution in [1.82, 2.24) is 25.3 Å². The largest absolute Gasteiger partial charge is 0.379 e. The molecule has 6 fully saturated rings. The summed E-state index contributed by atoms with van der Waals surface area (Å²) >= 11 is 0. The Labute approximate surface area is 267 Å². The minimum atomic E-state index is -1.20. The number of ketones is 1. The number of hydrogen-bond donors (Lipinski definition) is 2. The van der Waals surface area contributed by atoms with Crippen LogP contribution in [-0.4, -0.2) is 142 Å². The van der Waals surface area contributed by atoms with E-state index in [4.69, 9.17) is 14.2 Å². The van der Waals surface area contributed by atoms with Crippen molar-refractivity contribution in [2.75, 3.05) is 78.8 Å². The van der Waals surface area contributed by atoms with Gasteiger partial charge in [0.2, 0.25) is 0 Å². The maximum absolute atomic E-state index is 16.2. The van der Waals surface area contributed by atoms with Crippen LogP contribution in [0.5, 0.6) is 0 Å². The van der Waals surface area contributed by atoms with Gasteiger partial charge in [0.25, 0.3) is 5.91 Å². The van der Waals surface area contributed by atoms with Crippen molar-refractivity contribution in [3.63, 3.8) is 0 Å². The summed E-state index contributed by atoms with van der Waals surface area (Å²) in [6.07, 6.45) is 9.18. The molecule has 0 spiro atoms. The molecule has 4 aliphatic heterocycles. The number of fused-ring (bicyclic) bond motifs is 4. The molecule has 7 aliphatic rings. The molecular weight excluding hydrogens is 577 g/mol. The van der Waals surface area contributed by atoms with Gasteiger partial charge in [0.15, 0.2) is 5.78 Å². The number of Topliss-reactive ketones (excluding diaryl/α,β-unsaturated/α-hetero) is 1. The predicted molar refractivity (Wildman–Crippen MR) is 167 cm³/mol. The Morgan fingerprint density at radius 1 is 0.889 bits per heavy atom. The standard InChI is InChI=1S/C34H54FN5O5/c35-27-21-25-30-33(29(27)36-9-3-11-38-13-17-43-18-14-38)45-32-24-6-2-1-5-23(24)7-8-28(32)40(30)22-26(31(25)41)34(42)37-10-4-12-39-15-19-44-20-16-39/h22-25,27-30,32-33,36H,1-21H2,(H,37,42). The Kier molecular flexibility index (Phi) is 10.4. The van der Waals surface area contributed by atoms with Crippen LogP contribution in [0.3, 0.4) is 0 Å². The lowest BCUT2D eigenvalue weighted by Gasteiger charge is -2.61. The van der Waals surface area contributed by atoms with Crippen molar-refractivity contribution in [3.8, 4) is 0 Å². The molecule has 4 heterocycles. The Balaban J connectivity index is 1.06. The summed E-state index contributed by atoms with van der Waals surface area (Å²) in [7, 11) is 0. The molecular formula is C34H54FN5O5. The number of halogens is 1. The summed E-state index contributed by atoms with van der Waals surface area (Å²) in [5.74, 6) is 0.0171. The fraction of sp³-hybridized carbons (Fsp3) is 0.882. The van der Waals surface area contributed by atoms with E-state index in [1.165, 1.54) is 19.3 Å². The van der Waals surface area contributed by atoms with Gasteiger partial charge in [-0.25, -0.2) is 4.39 Å². The van der Waals surface area contributed by atoms with E-state index in [1.54, 1.807) is 0 Å². The molecule has 0 bridgehead atoms. The van der Waals surface area contributed by atoms with Crippen LogP contribution < -0.4 is 10.6 Å². The third-order valence-electron chi connectivity index (χ3n) is 11.9. The van der Waals surface area contributed by atoms with Crippen molar-refractivity contribution >= 4 is 11.7 Å². The van der Waals surface area contributed by atoms with Gasteiger partial charge >= 0.3 is 0 Å². The van der Waals surface area contributed by atoms with Crippen molar-refractivity contribution in [2.24, 2.45) is 17.8 Å². The summed E-state index contributed by atoms with van der Waals surface area (Å²) in [6.45, 7) is 9.85. The second kappa shape index (κ2) is 14.6. The van der Waals surface area contributed by atoms with Gasteiger partial charge in [0.1, 0.15) is 6.17 Å². The minimum absolute atomic E-state index is 0.0104. The first-order valence-corrected chi connectivity index (χ1v) is 18.0. The Hall–Kier alpha value is -1.63. The molecule has 45 heavy (non-hydrogen) atoms. The Morgan fingerprint density at radius 3 is 2.31 bits per heavy atom. The van der Waals surface area contributed by atoms with Crippen LogP contribution in [0.4, 0.5) is 4.39 Å². The first-order chi connectivity index (χ1) is 22.1. The molecule has 0 radical (unpaired) electrons. The second-order valence-corrected chi connectivity index (χ2v) is 14.5. The highest BCUT2D eigenvalue weighted by Crippen LogP contribution is 2.50. The highest BCUT2D eigenvalue weighted by Gasteiger charge is 2.60. The molecule has 3 saturated heterocycles. The SMILES string of the molecule is O=C(NCCCN1CCOCC1)C1=CN2C3CCC4CCCCC4C3OC3C(NCCCN4CCOCC4)C(F)CC(C1=O)C32. The maximum atomic E-state index is 16.2. The second-order valence-electron chi connectivity index (χ2n) is 14.5. The van der Waals surface area contributed by atoms with E-state index in [-0.39, 0.29) is 41.9 Å². The molecule has 9 atom stereocenters. The zero-order valence-electron chi connectivity index (χ0n) is 26.9. The van der Waals surface area contributed by atoms with Gasteiger partial charge in [0.05, 0.1) is 62.3 Å². The number of carbonyl (C=O) groups excluding carboxylic acids is 2. The predicted octanol–water partition coefficient (Wildman–Crippen LogP) is 1.74. The smallest absolute Gasteiger partial charge is 0.256 e. The van der Waals surface area contributed by atoms with Crippen molar-refractivity contribution in [2.45, 2.75) is 94.3 Å². The molecule has 10 nitrogen and oxygen atoms in total. The number of nitrogens with zero attached hydrogens (tertiary/aromatic N) is 3. The highest BCUT2D eigenvalue weighted by molar-refractivity contribution is 6.20. The molecule has 0 aromatic carbocycles. The van der Waals surface area contributed by atoms with Crippen molar-refractivity contribution in [1.29, 1.82) is 0 Å². The molecule has 3 saturated carbocycles. The van der Waals surface area contributed by atoms with E-state index in [2.05, 4.69) is 25.3 Å². The van der Waals surface area contributed by atoms with Gasteiger partial charge in [-0.3, -0.25) is 19.4 Å². The average molecular weight is 632 g/mol. The van der Waals surface area contributed by atoms with E-state index in [9.17, 15) is 9.59 Å². The Bertz CT molecular complexity index is 1070. The lowest BCUT2D eigenvalue weighted by Crippen LogP contribution is -2.74. The maximum Gasteiger partial charge on any atom is 0.256 e. The van der Waals surface area contributed by atoms with Crippen LogP contribution in [0.15, 0.2) is 11.8 Å². The number of hydrogen-bond acceptors (Lipinski definition) is 9. The van der Waals surface area contributed by atoms with Crippen LogP contribution in [0, 0.1) is 17.8 Å². The van der Waals surface area contributed by atoms with Crippen LogP contribution in [-0.2, 0) is 23.8 Å². The zero-order valence-corrected chi connectivity index (χ0v) is 26.9. The van der Waals surface area contributed by atoms with Gasteiger partial charge in [-0.05, 0) is 70.0 Å². The van der Waals surface area contributed by atoms with E-state index < -0.39 is 24.2 Å². The lowest BCUT2D eigenvalue weighted by atomic mass is 9.64. The van der Waals surface area contributed by atoms with Crippen LogP contribution in [0.1, 0.15) is 57.8 Å². The lowest BCUT2D eigenvalue weighted by molar-refractivity contribution is -0.220. The molecule has 7 rings (SSSR count). The molecule has 0 aromatic heterocycles. The van der Waals surface area contributed by atoms with Crippen molar-refractivity contribution in [3.05, 3.63) is 11.8 Å². The third-order valence-corrected chi connectivity index (χ3v) is 11.9. The van der Waals surface area contributed by atoms with E-state index in [0.717, 1.165) is 97.8 Å². The van der Waals surface area contributed by atoms with E-state index >= 15 is 4.39 Å². The van der Waals surface area contributed by atoms with Gasteiger partial charge in [-0.2, -0.15) is 0 Å². The fourth-order valence-corrected chi connectivity index (χ4v) is 9.58. The number of rotatable bonds is 10. The number of ether oxygens (including phenoxy) is 3. The zero-order chi connectivity index (χ0) is 30.8. The molecule has 11 heteroatoms. The number of morpholine rings is 3. The minimum Gasteiger partial charge on any atom is -0.379 e. The summed E-state index contributed by atoms with van der Waals surface area (Å²) < 4.78 is 34.2. The molecule has 3 aliphatic carbocycles. The number of alkyl halides is 1. The summed E-state index contributed by atoms with van der Waals surface area (Å²) in [4.78, 5) is 34.6. The topological polar surface area (TPSA) is 95.6 Å². The highest BCUT2D eigenvalue weighted by atomic mass is 19.1. The van der Waals surface area contributed by atoms with Crippen LogP contribution >= 0.6 is 0 Å². The average Bonchev–Trinajstić information content (AvgIpc) is 3.08. The summed E-state index contributed by atoms with van der Waals surface area (Å²) in [5, 5.41) is 6.60. The Morgan fingerprint density at radius 2 is 1.58 bits per heavy atom. The third kappa shape index (κ3) is 6.85. The number of carbonyl (C=O) groups is 2. The van der Waals surface area contributed by atoms with Gasteiger partial charge in [-0.1, -0.05) is 19.3 Å². The van der Waals surface area contributed by atoms with Gasteiger partial charge in [-0.15, -0.1) is 0 Å². The molecule has 252 valence electrons. The number of nitrogens with one attached hydrogen (secondary N) is 2. The quantitative estimate of drug-likeness (QED) is 0.276.